The zero-order chi connectivity index (χ0) is 13.5. The summed E-state index contributed by atoms with van der Waals surface area (Å²) < 4.78 is 0. The Hall–Kier alpha value is -1.44. The molecule has 0 aliphatic heterocycles. The Bertz CT molecular complexity index is 343. The first-order valence-corrected chi connectivity index (χ1v) is 6.78. The Morgan fingerprint density at radius 2 is 1.83 bits per heavy atom. The molecule has 0 bridgehead atoms. The van der Waals surface area contributed by atoms with Gasteiger partial charge in [-0.1, -0.05) is 69.6 Å². The largest absolute Gasteiger partial charge is 0.377 e. The van der Waals surface area contributed by atoms with Crippen molar-refractivity contribution in [2.24, 2.45) is 0 Å². The molecule has 0 amide bonds. The Kier molecular flexibility index (Phi) is 12.5. The van der Waals surface area contributed by atoms with E-state index in [2.05, 4.69) is 43.3 Å². The molecule has 0 fully saturated rings. The molecule has 0 saturated heterocycles. The van der Waals surface area contributed by atoms with Crippen molar-refractivity contribution >= 4 is 0 Å². The number of aliphatic hydroxyl groups excluding tert-OH is 1. The maximum Gasteiger partial charge on any atom is 0.134 e. The molecule has 0 spiro atoms. The fourth-order valence-corrected chi connectivity index (χ4v) is 1.43. The summed E-state index contributed by atoms with van der Waals surface area (Å²) in [5.74, 6) is 10.6. The first-order chi connectivity index (χ1) is 8.81. The molecule has 0 heterocycles. The van der Waals surface area contributed by atoms with Crippen LogP contribution in [0.5, 0.6) is 0 Å². The molecule has 1 unspecified atom stereocenters. The average Bonchev–Trinajstić information content (AvgIpc) is 2.39. The molecule has 18 heavy (non-hydrogen) atoms. The normalized spacial score (nSPS) is 11.2. The lowest BCUT2D eigenvalue weighted by Gasteiger charge is -1.96. The van der Waals surface area contributed by atoms with Crippen molar-refractivity contribution in [1.82, 2.24) is 0 Å². The Morgan fingerprint density at radius 1 is 1.11 bits per heavy atom. The molecule has 1 nitrogen and oxygen atoms in total. The fraction of sp³-hybridized carbons (Fsp3) is 0.529. The minimum Gasteiger partial charge on any atom is -0.377 e. The number of hydrogen-bond donors (Lipinski definition) is 1. The number of allylic oxidation sites excluding steroid dienone is 2. The van der Waals surface area contributed by atoms with Gasteiger partial charge in [0.1, 0.15) is 6.10 Å². The van der Waals surface area contributed by atoms with E-state index in [4.69, 9.17) is 5.11 Å². The van der Waals surface area contributed by atoms with E-state index in [1.807, 2.05) is 6.08 Å². The van der Waals surface area contributed by atoms with Crippen LogP contribution in [0.25, 0.3) is 0 Å². The minimum atomic E-state index is -0.772. The summed E-state index contributed by atoms with van der Waals surface area (Å²) in [5, 5.41) is 9.04. The van der Waals surface area contributed by atoms with Gasteiger partial charge < -0.3 is 5.11 Å². The van der Waals surface area contributed by atoms with Gasteiger partial charge in [0.25, 0.3) is 0 Å². The lowest BCUT2D eigenvalue weighted by atomic mass is 10.1. The molecule has 0 radical (unpaired) electrons. The number of unbranched alkanes of at least 4 members (excludes halogenated alkanes) is 6. The van der Waals surface area contributed by atoms with Gasteiger partial charge in [0, 0.05) is 0 Å². The predicted molar refractivity (Wildman–Crippen MR) is 78.9 cm³/mol. The van der Waals surface area contributed by atoms with Crippen LogP contribution < -0.4 is 0 Å². The highest BCUT2D eigenvalue weighted by atomic mass is 16.3. The molecule has 1 N–H and O–H groups in total. The molecule has 0 aliphatic carbocycles. The Morgan fingerprint density at radius 3 is 2.56 bits per heavy atom. The second kappa shape index (κ2) is 13.6. The summed E-state index contributed by atoms with van der Waals surface area (Å²) in [6, 6.07) is 0. The van der Waals surface area contributed by atoms with E-state index in [-0.39, 0.29) is 0 Å². The third-order valence-corrected chi connectivity index (χ3v) is 2.50. The van der Waals surface area contributed by atoms with Gasteiger partial charge in [-0.2, -0.15) is 0 Å². The van der Waals surface area contributed by atoms with Crippen LogP contribution in [-0.2, 0) is 0 Å². The van der Waals surface area contributed by atoms with E-state index in [0.29, 0.717) is 0 Å². The van der Waals surface area contributed by atoms with Crippen LogP contribution in [-0.4, -0.2) is 11.2 Å². The molecule has 0 aliphatic rings. The number of hydrogen-bond acceptors (Lipinski definition) is 1. The monoisotopic (exact) mass is 244 g/mol. The van der Waals surface area contributed by atoms with Crippen LogP contribution in [0.15, 0.2) is 24.8 Å². The standard InChI is InChI=1S/C17H24O/c1-3-5-6-7-8-9-10-11-12-13-14-15-16-17(18)4-2/h4,11-12,17-18H,2-3,5-10H2,1H3/b12-11+. The van der Waals surface area contributed by atoms with Crippen molar-refractivity contribution in [2.45, 2.75) is 58.0 Å². The van der Waals surface area contributed by atoms with E-state index < -0.39 is 6.10 Å². The number of rotatable bonds is 8. The third-order valence-electron chi connectivity index (χ3n) is 2.50. The summed E-state index contributed by atoms with van der Waals surface area (Å²) in [6.07, 6.45) is 13.5. The molecule has 0 aromatic carbocycles. The van der Waals surface area contributed by atoms with Crippen LogP contribution in [0, 0.1) is 23.7 Å². The van der Waals surface area contributed by atoms with E-state index in [0.717, 1.165) is 6.42 Å². The van der Waals surface area contributed by atoms with Crippen LogP contribution in [0.2, 0.25) is 0 Å². The molecule has 1 heteroatoms. The second-order valence-electron chi connectivity index (χ2n) is 4.18. The van der Waals surface area contributed by atoms with E-state index in [1.54, 1.807) is 0 Å². The maximum absolute atomic E-state index is 9.04. The lowest BCUT2D eigenvalue weighted by Crippen LogP contribution is -1.94. The van der Waals surface area contributed by atoms with Crippen molar-refractivity contribution < 1.29 is 5.11 Å². The van der Waals surface area contributed by atoms with Gasteiger partial charge in [-0.15, -0.1) is 0 Å². The second-order valence-corrected chi connectivity index (χ2v) is 4.18. The highest BCUT2D eigenvalue weighted by Crippen LogP contribution is 2.06. The van der Waals surface area contributed by atoms with Gasteiger partial charge in [-0.05, 0) is 30.8 Å². The maximum atomic E-state index is 9.04. The first kappa shape index (κ1) is 16.6. The van der Waals surface area contributed by atoms with Crippen LogP contribution in [0.3, 0.4) is 0 Å². The third kappa shape index (κ3) is 12.6. The van der Waals surface area contributed by atoms with Gasteiger partial charge >= 0.3 is 0 Å². The van der Waals surface area contributed by atoms with Gasteiger partial charge in [0.05, 0.1) is 0 Å². The summed E-state index contributed by atoms with van der Waals surface area (Å²) in [4.78, 5) is 0. The van der Waals surface area contributed by atoms with Crippen LogP contribution in [0.1, 0.15) is 51.9 Å². The quantitative estimate of drug-likeness (QED) is 0.391. The fourth-order valence-electron chi connectivity index (χ4n) is 1.43. The Balaban J connectivity index is 3.50. The van der Waals surface area contributed by atoms with Gasteiger partial charge in [-0.3, -0.25) is 0 Å². The molecule has 98 valence electrons. The van der Waals surface area contributed by atoms with Gasteiger partial charge in [0.2, 0.25) is 0 Å². The first-order valence-electron chi connectivity index (χ1n) is 6.78. The summed E-state index contributed by atoms with van der Waals surface area (Å²) >= 11 is 0. The number of aliphatic hydroxyl groups is 1. The average molecular weight is 244 g/mol. The van der Waals surface area contributed by atoms with Crippen molar-refractivity contribution in [2.75, 3.05) is 0 Å². The molecular weight excluding hydrogens is 220 g/mol. The van der Waals surface area contributed by atoms with Crippen molar-refractivity contribution in [3.63, 3.8) is 0 Å². The molecular formula is C17H24O. The predicted octanol–water partition coefficient (Wildman–Crippen LogP) is 3.85. The Labute approximate surface area is 112 Å². The topological polar surface area (TPSA) is 20.2 Å². The van der Waals surface area contributed by atoms with Crippen LogP contribution >= 0.6 is 0 Å². The highest BCUT2D eigenvalue weighted by Gasteiger charge is 1.87. The van der Waals surface area contributed by atoms with Crippen LogP contribution in [0.4, 0.5) is 0 Å². The summed E-state index contributed by atoms with van der Waals surface area (Å²) in [7, 11) is 0. The van der Waals surface area contributed by atoms with Gasteiger partial charge in [-0.25, -0.2) is 0 Å². The summed E-state index contributed by atoms with van der Waals surface area (Å²) in [6.45, 7) is 5.66. The van der Waals surface area contributed by atoms with E-state index in [1.165, 1.54) is 44.6 Å². The molecule has 0 aromatic heterocycles. The molecule has 1 atom stereocenters. The molecule has 0 saturated carbocycles. The minimum absolute atomic E-state index is 0.772. The van der Waals surface area contributed by atoms with Crippen molar-refractivity contribution in [3.05, 3.63) is 24.8 Å². The summed E-state index contributed by atoms with van der Waals surface area (Å²) in [5.41, 5.74) is 0. The molecule has 0 rings (SSSR count). The van der Waals surface area contributed by atoms with E-state index >= 15 is 0 Å². The van der Waals surface area contributed by atoms with Gasteiger partial charge in [0.15, 0.2) is 0 Å². The lowest BCUT2D eigenvalue weighted by molar-refractivity contribution is 0.281. The zero-order valence-electron chi connectivity index (χ0n) is 11.4. The van der Waals surface area contributed by atoms with E-state index in [9.17, 15) is 0 Å². The zero-order valence-corrected chi connectivity index (χ0v) is 11.4. The smallest absolute Gasteiger partial charge is 0.134 e. The van der Waals surface area contributed by atoms with Crippen molar-refractivity contribution in [1.29, 1.82) is 0 Å². The SMILES string of the molecule is C=CC(O)C#CC#C/C=C/CCCCCCCC. The highest BCUT2D eigenvalue weighted by molar-refractivity contribution is 5.32. The van der Waals surface area contributed by atoms with Crippen molar-refractivity contribution in [3.8, 4) is 23.7 Å². The molecule has 0 aromatic rings.